The quantitative estimate of drug-likeness (QED) is 0.116. The summed E-state index contributed by atoms with van der Waals surface area (Å²) in [6, 6.07) is 57.5. The molecule has 2 aliphatic heterocycles. The van der Waals surface area contributed by atoms with Crippen LogP contribution in [0.5, 0.6) is 0 Å². The van der Waals surface area contributed by atoms with Gasteiger partial charge in [-0.15, -0.1) is 14.3 Å². The van der Waals surface area contributed by atoms with Crippen molar-refractivity contribution in [2.24, 2.45) is 0 Å². The van der Waals surface area contributed by atoms with Crippen molar-refractivity contribution in [1.82, 2.24) is 4.98 Å². The first-order chi connectivity index (χ1) is 28.2. The summed E-state index contributed by atoms with van der Waals surface area (Å²) in [5.74, 6) is 0. The van der Waals surface area contributed by atoms with Gasteiger partial charge >= 0.3 is 0 Å². The largest absolute Gasteiger partial charge is 0.354 e. The molecule has 0 unspecified atom stereocenters. The Hall–Kier alpha value is -3.89. The Morgan fingerprint density at radius 1 is 0.441 bits per heavy atom. The molecule has 302 valence electrons. The average molecular weight is 812 g/mol. The second-order valence-corrected chi connectivity index (χ2v) is 24.1. The minimum atomic E-state index is -1.35. The molecule has 5 heteroatoms. The topological polar surface area (TPSA) is 15.8 Å². The van der Waals surface area contributed by atoms with E-state index in [-0.39, 0.29) is 26.0 Å². The molecule has 0 saturated carbocycles. The van der Waals surface area contributed by atoms with Gasteiger partial charge in [-0.05, 0) is 94.2 Å². The van der Waals surface area contributed by atoms with Crippen LogP contribution in [0.25, 0.3) is 21.8 Å². The van der Waals surface area contributed by atoms with Crippen molar-refractivity contribution in [1.29, 1.82) is 0 Å². The summed E-state index contributed by atoms with van der Waals surface area (Å²) in [5, 5.41) is 2.93. The van der Waals surface area contributed by atoms with Crippen molar-refractivity contribution < 1.29 is 0 Å². The number of hydrogen-bond donors (Lipinski definition) is 1. The summed E-state index contributed by atoms with van der Waals surface area (Å²) >= 11 is 0. The fourth-order valence-electron chi connectivity index (χ4n) is 10.1. The van der Waals surface area contributed by atoms with Gasteiger partial charge in [-0.1, -0.05) is 163 Å². The molecular formula is C54H65B2NP2. The van der Waals surface area contributed by atoms with Gasteiger partial charge in [0.2, 0.25) is 0 Å². The van der Waals surface area contributed by atoms with Crippen LogP contribution in [-0.2, 0) is 23.2 Å². The number of rotatable bonds is 8. The highest BCUT2D eigenvalue weighted by Gasteiger charge is 2.50. The standard InChI is InChI=1S/C54H65B2NP2/c1-53(2,3)43-31-41(35-58(55)47(37-19-11-7-12-20-37)27-28-48(58)38-21-13-8-14-22-38)51-45(33-43)46-34-44(54(4,5)6)32-42(52(46)57-51)36-59(56)49(39-23-15-9-16-24-39)29-30-50(59)40-25-17-10-18-26-40/h7-26,31-34,47-50,57H,27-30,35-36H2,1-6,55-56H3/t47-,48-,49-,50-/m1/s1. The summed E-state index contributed by atoms with van der Waals surface area (Å²) in [7, 11) is -2.65. The molecule has 1 aromatic heterocycles. The molecule has 1 N–H and O–H groups in total. The lowest BCUT2D eigenvalue weighted by atomic mass is 9.83. The highest BCUT2D eigenvalue weighted by Crippen LogP contribution is 2.84. The fraction of sp³-hybridized carbons (Fsp3) is 0.333. The predicted molar refractivity (Wildman–Crippen MR) is 270 cm³/mol. The zero-order valence-electron chi connectivity index (χ0n) is 34.8. The smallest absolute Gasteiger partial charge is 0.128 e. The van der Waals surface area contributed by atoms with Gasteiger partial charge in [-0.2, -0.15) is 0 Å². The average Bonchev–Trinajstić information content (AvgIpc) is 3.89. The van der Waals surface area contributed by atoms with Gasteiger partial charge in [0.1, 0.15) is 15.1 Å². The molecule has 1 nitrogen and oxygen atoms in total. The third kappa shape index (κ3) is 7.48. The number of aromatic nitrogens is 1. The molecule has 0 aliphatic carbocycles. The van der Waals surface area contributed by atoms with Gasteiger partial charge in [0.15, 0.2) is 0 Å². The van der Waals surface area contributed by atoms with E-state index >= 15 is 0 Å². The van der Waals surface area contributed by atoms with E-state index in [4.69, 9.17) is 0 Å². The molecule has 3 heterocycles. The van der Waals surface area contributed by atoms with Crippen molar-refractivity contribution in [2.45, 2.75) is 113 Å². The van der Waals surface area contributed by atoms with E-state index in [9.17, 15) is 0 Å². The van der Waals surface area contributed by atoms with Crippen molar-refractivity contribution in [3.8, 4) is 0 Å². The molecule has 59 heavy (non-hydrogen) atoms. The third-order valence-corrected chi connectivity index (χ3v) is 20.0. The van der Waals surface area contributed by atoms with Crippen LogP contribution in [0.15, 0.2) is 146 Å². The van der Waals surface area contributed by atoms with Crippen molar-refractivity contribution in [3.63, 3.8) is 0 Å². The van der Waals surface area contributed by atoms with Crippen LogP contribution in [-0.4, -0.2) is 20.1 Å². The first-order valence-electron chi connectivity index (χ1n) is 21.4. The van der Waals surface area contributed by atoms with Crippen molar-refractivity contribution in [2.75, 3.05) is 0 Å². The van der Waals surface area contributed by atoms with Crippen molar-refractivity contribution in [3.05, 3.63) is 190 Å². The molecule has 0 amide bonds. The lowest BCUT2D eigenvalue weighted by Gasteiger charge is -2.38. The summed E-state index contributed by atoms with van der Waals surface area (Å²) in [6.45, 7) is 14.6. The van der Waals surface area contributed by atoms with Gasteiger partial charge in [0, 0.05) is 34.2 Å². The highest BCUT2D eigenvalue weighted by atomic mass is 31.2. The molecule has 2 aliphatic rings. The van der Waals surface area contributed by atoms with E-state index in [2.05, 4.69) is 192 Å². The van der Waals surface area contributed by atoms with Crippen LogP contribution in [0.2, 0.25) is 0 Å². The minimum Gasteiger partial charge on any atom is -0.354 e. The molecule has 2 fully saturated rings. The maximum atomic E-state index is 4.36. The number of H-pyrrole nitrogens is 1. The van der Waals surface area contributed by atoms with E-state index in [0.717, 1.165) is 0 Å². The molecular weight excluding hydrogens is 746 g/mol. The van der Waals surface area contributed by atoms with Crippen LogP contribution < -0.4 is 0 Å². The zero-order valence-corrected chi connectivity index (χ0v) is 36.6. The van der Waals surface area contributed by atoms with E-state index in [1.165, 1.54) is 70.9 Å². The maximum absolute atomic E-state index is 4.36. The number of fused-ring (bicyclic) bond motifs is 3. The van der Waals surface area contributed by atoms with Crippen LogP contribution in [0.1, 0.15) is 134 Å². The first kappa shape index (κ1) is 40.5. The van der Waals surface area contributed by atoms with E-state index in [1.807, 2.05) is 0 Å². The summed E-state index contributed by atoms with van der Waals surface area (Å²) in [6.07, 6.45) is 7.83. The van der Waals surface area contributed by atoms with Gasteiger partial charge in [0.05, 0.1) is 33.7 Å². The maximum Gasteiger partial charge on any atom is 0.128 e. The molecule has 0 radical (unpaired) electrons. The van der Waals surface area contributed by atoms with Crippen LogP contribution >= 0.6 is 14.3 Å². The van der Waals surface area contributed by atoms with Gasteiger partial charge in [0.25, 0.3) is 0 Å². The molecule has 7 aromatic rings. The monoisotopic (exact) mass is 811 g/mol. The lowest BCUT2D eigenvalue weighted by Crippen LogP contribution is -2.13. The van der Waals surface area contributed by atoms with Crippen LogP contribution in [0, 0.1) is 0 Å². The third-order valence-electron chi connectivity index (χ3n) is 13.2. The second-order valence-electron chi connectivity index (χ2n) is 18.9. The SMILES string of the molecule is [BH3-][P+]1(Cc2cc(C(C)(C)C)cc3c2[nH]c2c(C[P+]4([BH3-])[C@@H](c5ccccc5)CC[C@@H]4c4ccccc4)cc(C(C)(C)C)cc23)[C@@H](c2ccccc2)CC[C@@H]1c1ccccc1. The number of hydrogen-bond acceptors (Lipinski definition) is 0. The fourth-order valence-corrected chi connectivity index (χ4v) is 17.2. The molecule has 4 atom stereocenters. The molecule has 2 saturated heterocycles. The predicted octanol–water partition coefficient (Wildman–Crippen LogP) is 14.1. The number of benzene rings is 6. The van der Waals surface area contributed by atoms with Gasteiger partial charge < -0.3 is 4.98 Å². The first-order valence-corrected chi connectivity index (χ1v) is 24.7. The zero-order chi connectivity index (χ0) is 41.2. The Labute approximate surface area is 357 Å². The summed E-state index contributed by atoms with van der Waals surface area (Å²) < 4.78 is 0. The lowest BCUT2D eigenvalue weighted by molar-refractivity contribution is 0.590. The second kappa shape index (κ2) is 15.5. The van der Waals surface area contributed by atoms with Crippen molar-refractivity contribution >= 4 is 51.2 Å². The van der Waals surface area contributed by atoms with E-state index < -0.39 is 14.3 Å². The summed E-state index contributed by atoms with van der Waals surface area (Å²) in [5.41, 5.74) is 18.4. The summed E-state index contributed by atoms with van der Waals surface area (Å²) in [4.78, 5) is 4.36. The van der Waals surface area contributed by atoms with Gasteiger partial charge in [-0.25, -0.2) is 0 Å². The Balaban J connectivity index is 1.25. The van der Waals surface area contributed by atoms with Gasteiger partial charge in [-0.3, -0.25) is 0 Å². The molecule has 6 aromatic carbocycles. The van der Waals surface area contributed by atoms with Crippen LogP contribution in [0.4, 0.5) is 0 Å². The molecule has 9 rings (SSSR count). The Morgan fingerprint density at radius 2 is 0.712 bits per heavy atom. The Morgan fingerprint density at radius 3 is 0.966 bits per heavy atom. The molecule has 0 spiro atoms. The normalized spacial score (nSPS) is 21.7. The molecule has 0 bridgehead atoms. The minimum absolute atomic E-state index is 0.0218. The van der Waals surface area contributed by atoms with Crippen LogP contribution in [0.3, 0.4) is 0 Å². The van der Waals surface area contributed by atoms with E-state index in [0.29, 0.717) is 22.6 Å². The Bertz CT molecular complexity index is 2300. The number of nitrogens with one attached hydrogen (secondary N) is 1. The Kier molecular flexibility index (Phi) is 10.7. The van der Waals surface area contributed by atoms with E-state index in [1.54, 1.807) is 33.4 Å². The highest BCUT2D eigenvalue weighted by molar-refractivity contribution is 7.97. The number of aromatic amines is 1.